The standard InChI is InChI=1S/C13H20BrNO2S2/c1-10(2)11-4-3-7-15(8-5-11)19(16,17)13-12(14)6-9-18-13/h6,9-11H,3-5,7-8H2,1-2H3. The monoisotopic (exact) mass is 365 g/mol. The number of hydrogen-bond acceptors (Lipinski definition) is 3. The van der Waals surface area contributed by atoms with E-state index in [2.05, 4.69) is 29.8 Å². The number of hydrogen-bond donors (Lipinski definition) is 0. The van der Waals surface area contributed by atoms with Crippen molar-refractivity contribution < 1.29 is 8.42 Å². The average Bonchev–Trinajstić information content (AvgIpc) is 2.64. The summed E-state index contributed by atoms with van der Waals surface area (Å²) in [5.41, 5.74) is 0. The van der Waals surface area contributed by atoms with Gasteiger partial charge in [-0.1, -0.05) is 13.8 Å². The number of sulfonamides is 1. The van der Waals surface area contributed by atoms with Crippen molar-refractivity contribution in [2.75, 3.05) is 13.1 Å². The van der Waals surface area contributed by atoms with E-state index < -0.39 is 10.0 Å². The molecular formula is C13H20BrNO2S2. The minimum atomic E-state index is -3.32. The molecule has 1 fully saturated rings. The fraction of sp³-hybridized carbons (Fsp3) is 0.692. The van der Waals surface area contributed by atoms with E-state index in [-0.39, 0.29) is 0 Å². The van der Waals surface area contributed by atoms with Crippen molar-refractivity contribution >= 4 is 37.3 Å². The number of thiophene rings is 1. The second kappa shape index (κ2) is 6.24. The molecule has 0 aromatic carbocycles. The van der Waals surface area contributed by atoms with Crippen molar-refractivity contribution in [3.63, 3.8) is 0 Å². The fourth-order valence-corrected chi connectivity index (χ4v) is 6.53. The third-order valence-electron chi connectivity index (χ3n) is 3.83. The van der Waals surface area contributed by atoms with Gasteiger partial charge < -0.3 is 0 Å². The molecule has 0 spiro atoms. The summed E-state index contributed by atoms with van der Waals surface area (Å²) < 4.78 is 28.0. The van der Waals surface area contributed by atoms with Gasteiger partial charge in [0.25, 0.3) is 10.0 Å². The van der Waals surface area contributed by atoms with E-state index in [4.69, 9.17) is 0 Å². The molecule has 1 atom stereocenters. The molecule has 0 N–H and O–H groups in total. The van der Waals surface area contributed by atoms with E-state index in [1.165, 1.54) is 11.3 Å². The first-order valence-electron chi connectivity index (χ1n) is 6.66. The highest BCUT2D eigenvalue weighted by molar-refractivity contribution is 9.10. The minimum Gasteiger partial charge on any atom is -0.206 e. The van der Waals surface area contributed by atoms with E-state index >= 15 is 0 Å². The summed E-state index contributed by atoms with van der Waals surface area (Å²) in [7, 11) is -3.32. The van der Waals surface area contributed by atoms with Crippen LogP contribution >= 0.6 is 27.3 Å². The van der Waals surface area contributed by atoms with Crippen molar-refractivity contribution in [3.05, 3.63) is 15.9 Å². The lowest BCUT2D eigenvalue weighted by Gasteiger charge is -2.20. The zero-order valence-electron chi connectivity index (χ0n) is 11.3. The highest BCUT2D eigenvalue weighted by Gasteiger charge is 2.30. The summed E-state index contributed by atoms with van der Waals surface area (Å²) >= 11 is 4.62. The van der Waals surface area contributed by atoms with Gasteiger partial charge in [-0.15, -0.1) is 11.3 Å². The molecule has 0 radical (unpaired) electrons. The molecule has 3 nitrogen and oxygen atoms in total. The average molecular weight is 366 g/mol. The van der Waals surface area contributed by atoms with Gasteiger partial charge in [-0.25, -0.2) is 8.42 Å². The summed E-state index contributed by atoms with van der Waals surface area (Å²) in [4.78, 5) is 0. The molecular weight excluding hydrogens is 346 g/mol. The van der Waals surface area contributed by atoms with Crippen molar-refractivity contribution in [1.29, 1.82) is 0 Å². The Bertz CT molecular complexity index is 525. The molecule has 19 heavy (non-hydrogen) atoms. The molecule has 1 aromatic heterocycles. The van der Waals surface area contributed by atoms with Crippen molar-refractivity contribution in [1.82, 2.24) is 4.31 Å². The van der Waals surface area contributed by atoms with E-state index in [1.54, 1.807) is 10.4 Å². The molecule has 0 saturated carbocycles. The van der Waals surface area contributed by atoms with Gasteiger partial charge in [-0.2, -0.15) is 4.31 Å². The lowest BCUT2D eigenvalue weighted by Crippen LogP contribution is -2.31. The Balaban J connectivity index is 2.16. The second-order valence-electron chi connectivity index (χ2n) is 5.40. The van der Waals surface area contributed by atoms with Crippen LogP contribution in [0.3, 0.4) is 0 Å². The van der Waals surface area contributed by atoms with Gasteiger partial charge in [0, 0.05) is 17.6 Å². The molecule has 1 unspecified atom stereocenters. The summed E-state index contributed by atoms with van der Waals surface area (Å²) in [6.07, 6.45) is 3.07. The van der Waals surface area contributed by atoms with Gasteiger partial charge in [0.05, 0.1) is 0 Å². The first-order chi connectivity index (χ1) is 8.93. The first kappa shape index (κ1) is 15.5. The third kappa shape index (κ3) is 3.40. The zero-order valence-corrected chi connectivity index (χ0v) is 14.5. The van der Waals surface area contributed by atoms with Crippen LogP contribution in [0.15, 0.2) is 20.1 Å². The van der Waals surface area contributed by atoms with Crippen LogP contribution in [0.4, 0.5) is 0 Å². The number of rotatable bonds is 3. The molecule has 0 aliphatic carbocycles. The smallest absolute Gasteiger partial charge is 0.206 e. The summed E-state index contributed by atoms with van der Waals surface area (Å²) in [5, 5.41) is 1.81. The van der Waals surface area contributed by atoms with Crippen molar-refractivity contribution in [3.8, 4) is 0 Å². The lowest BCUT2D eigenvalue weighted by atomic mass is 9.89. The van der Waals surface area contributed by atoms with E-state index in [9.17, 15) is 8.42 Å². The maximum absolute atomic E-state index is 12.6. The van der Waals surface area contributed by atoms with Gasteiger partial charge in [0.1, 0.15) is 4.21 Å². The molecule has 0 amide bonds. The highest BCUT2D eigenvalue weighted by atomic mass is 79.9. The van der Waals surface area contributed by atoms with Crippen LogP contribution in [0.25, 0.3) is 0 Å². The van der Waals surface area contributed by atoms with Crippen LogP contribution in [0, 0.1) is 11.8 Å². The maximum atomic E-state index is 12.6. The Morgan fingerprint density at radius 1 is 1.37 bits per heavy atom. The zero-order chi connectivity index (χ0) is 14.0. The predicted octanol–water partition coefficient (Wildman–Crippen LogP) is 3.96. The van der Waals surface area contributed by atoms with E-state index in [1.807, 2.05) is 5.38 Å². The van der Waals surface area contributed by atoms with Gasteiger partial charge in [0.2, 0.25) is 0 Å². The largest absolute Gasteiger partial charge is 0.253 e. The summed E-state index contributed by atoms with van der Waals surface area (Å²) in [6, 6.07) is 1.80. The topological polar surface area (TPSA) is 37.4 Å². The summed E-state index contributed by atoms with van der Waals surface area (Å²) in [5.74, 6) is 1.28. The van der Waals surface area contributed by atoms with Gasteiger partial charge >= 0.3 is 0 Å². The fourth-order valence-electron chi connectivity index (χ4n) is 2.58. The van der Waals surface area contributed by atoms with Gasteiger partial charge in [-0.3, -0.25) is 0 Å². The normalized spacial score (nSPS) is 22.6. The third-order valence-corrected chi connectivity index (χ3v) is 8.38. The Labute approximate surface area is 128 Å². The van der Waals surface area contributed by atoms with E-state index in [0.717, 1.165) is 19.3 Å². The van der Waals surface area contributed by atoms with Gasteiger partial charge in [-0.05, 0) is 58.5 Å². The molecule has 6 heteroatoms. The van der Waals surface area contributed by atoms with Crippen molar-refractivity contribution in [2.24, 2.45) is 11.8 Å². The van der Waals surface area contributed by atoms with Crippen LogP contribution in [-0.2, 0) is 10.0 Å². The maximum Gasteiger partial charge on any atom is 0.253 e. The quantitative estimate of drug-likeness (QED) is 0.812. The van der Waals surface area contributed by atoms with Crippen LogP contribution in [0.2, 0.25) is 0 Å². The van der Waals surface area contributed by atoms with Gasteiger partial charge in [0.15, 0.2) is 0 Å². The molecule has 1 aromatic rings. The molecule has 108 valence electrons. The van der Waals surface area contributed by atoms with Crippen LogP contribution in [0.5, 0.6) is 0 Å². The predicted molar refractivity (Wildman–Crippen MR) is 83.0 cm³/mol. The van der Waals surface area contributed by atoms with Crippen LogP contribution < -0.4 is 0 Å². The Hall–Kier alpha value is 0.0900. The SMILES string of the molecule is CC(C)C1CCCN(S(=O)(=O)c2sccc2Br)CC1. The number of halogens is 1. The minimum absolute atomic E-state index is 0.440. The first-order valence-corrected chi connectivity index (χ1v) is 9.77. The van der Waals surface area contributed by atoms with Crippen molar-refractivity contribution in [2.45, 2.75) is 37.3 Å². The Morgan fingerprint density at radius 3 is 2.68 bits per heavy atom. The molecule has 2 rings (SSSR count). The number of nitrogens with zero attached hydrogens (tertiary/aromatic N) is 1. The Kier molecular flexibility index (Phi) is 5.09. The van der Waals surface area contributed by atoms with Crippen LogP contribution in [-0.4, -0.2) is 25.8 Å². The van der Waals surface area contributed by atoms with E-state index in [0.29, 0.717) is 33.6 Å². The molecule has 1 aliphatic heterocycles. The Morgan fingerprint density at radius 2 is 2.11 bits per heavy atom. The van der Waals surface area contributed by atoms with Crippen LogP contribution in [0.1, 0.15) is 33.1 Å². The molecule has 1 saturated heterocycles. The molecule has 2 heterocycles. The molecule has 1 aliphatic rings. The summed E-state index contributed by atoms with van der Waals surface area (Å²) in [6.45, 7) is 5.75. The molecule has 0 bridgehead atoms. The lowest BCUT2D eigenvalue weighted by molar-refractivity contribution is 0.341. The highest BCUT2D eigenvalue weighted by Crippen LogP contribution is 2.33. The second-order valence-corrected chi connectivity index (χ2v) is 9.30.